The molecule has 232 valence electrons. The van der Waals surface area contributed by atoms with Gasteiger partial charge in [0, 0.05) is 44.0 Å². The molecule has 3 heterocycles. The minimum Gasteiger partial charge on any atom is -0.497 e. The molecular formula is C32H35F2N5O5. The van der Waals surface area contributed by atoms with Crippen molar-refractivity contribution >= 4 is 17.6 Å². The van der Waals surface area contributed by atoms with Crippen LogP contribution >= 0.6 is 0 Å². The minimum absolute atomic E-state index is 0.0159. The second kappa shape index (κ2) is 12.1. The number of nitrogens with one attached hydrogen (secondary N) is 2. The third-order valence-electron chi connectivity index (χ3n) is 8.08. The molecule has 0 spiro atoms. The summed E-state index contributed by atoms with van der Waals surface area (Å²) < 4.78 is 39.3. The Hall–Kier alpha value is -4.16. The number of likely N-dealkylation sites (tertiary alicyclic amines) is 1. The molecule has 1 aliphatic heterocycles. The second-order valence-electron chi connectivity index (χ2n) is 11.7. The molecule has 3 fully saturated rings. The smallest absolute Gasteiger partial charge is 0.282 e. The first-order chi connectivity index (χ1) is 21.2. The molecule has 2 aliphatic carbocycles. The van der Waals surface area contributed by atoms with E-state index in [1.165, 1.54) is 13.2 Å². The van der Waals surface area contributed by atoms with Crippen LogP contribution in [0.1, 0.15) is 69.6 Å². The molecule has 6 rings (SSSR count). The van der Waals surface area contributed by atoms with Crippen LogP contribution in [0.15, 0.2) is 47.4 Å². The summed E-state index contributed by atoms with van der Waals surface area (Å²) in [4.78, 5) is 46.1. The molecule has 2 saturated carbocycles. The maximum absolute atomic E-state index is 13.6. The van der Waals surface area contributed by atoms with Crippen LogP contribution in [0.5, 0.6) is 5.75 Å². The number of benzene rings is 1. The van der Waals surface area contributed by atoms with Gasteiger partial charge in [-0.05, 0) is 78.8 Å². The van der Waals surface area contributed by atoms with E-state index in [4.69, 9.17) is 9.47 Å². The number of hydrogen-bond acceptors (Lipinski definition) is 7. The van der Waals surface area contributed by atoms with Crippen molar-refractivity contribution < 1.29 is 27.8 Å². The van der Waals surface area contributed by atoms with Crippen LogP contribution in [0.3, 0.4) is 0 Å². The third kappa shape index (κ3) is 6.51. The van der Waals surface area contributed by atoms with Crippen LogP contribution in [0.2, 0.25) is 0 Å². The lowest BCUT2D eigenvalue weighted by atomic mass is 9.96. The zero-order valence-electron chi connectivity index (χ0n) is 24.7. The number of ether oxygens (including phenoxy) is 2. The second-order valence-corrected chi connectivity index (χ2v) is 11.7. The molecule has 3 aliphatic rings. The third-order valence-corrected chi connectivity index (χ3v) is 8.08. The fourth-order valence-corrected chi connectivity index (χ4v) is 5.40. The van der Waals surface area contributed by atoms with Gasteiger partial charge in [0.2, 0.25) is 0 Å². The number of halogens is 2. The largest absolute Gasteiger partial charge is 0.497 e. The van der Waals surface area contributed by atoms with Gasteiger partial charge in [-0.3, -0.25) is 14.4 Å². The van der Waals surface area contributed by atoms with Gasteiger partial charge in [0.15, 0.2) is 0 Å². The molecule has 3 aromatic rings. The molecule has 0 atom stereocenters. The van der Waals surface area contributed by atoms with Gasteiger partial charge in [0.25, 0.3) is 23.3 Å². The number of rotatable bonds is 12. The van der Waals surface area contributed by atoms with Crippen molar-refractivity contribution in [3.8, 4) is 16.9 Å². The Morgan fingerprint density at radius 1 is 1.05 bits per heavy atom. The number of methoxy groups -OCH3 is 2. The van der Waals surface area contributed by atoms with E-state index >= 15 is 0 Å². The lowest BCUT2D eigenvalue weighted by molar-refractivity contribution is -0.113. The Labute approximate surface area is 253 Å². The summed E-state index contributed by atoms with van der Waals surface area (Å²) in [6, 6.07) is 10.1. The first-order valence-corrected chi connectivity index (χ1v) is 14.8. The summed E-state index contributed by atoms with van der Waals surface area (Å²) in [5.74, 6) is -3.17. The van der Waals surface area contributed by atoms with Crippen molar-refractivity contribution in [3.05, 3.63) is 75.3 Å². The molecule has 0 bridgehead atoms. The zero-order chi connectivity index (χ0) is 31.0. The highest BCUT2D eigenvalue weighted by atomic mass is 19.3. The van der Waals surface area contributed by atoms with Gasteiger partial charge in [-0.2, -0.15) is 0 Å². The van der Waals surface area contributed by atoms with Crippen molar-refractivity contribution in [2.75, 3.05) is 45.8 Å². The Morgan fingerprint density at radius 2 is 1.82 bits per heavy atom. The van der Waals surface area contributed by atoms with E-state index in [0.717, 1.165) is 41.8 Å². The van der Waals surface area contributed by atoms with E-state index in [2.05, 4.69) is 15.6 Å². The summed E-state index contributed by atoms with van der Waals surface area (Å²) in [6.45, 7) is 0.331. The molecule has 44 heavy (non-hydrogen) atoms. The fourth-order valence-electron chi connectivity index (χ4n) is 5.40. The maximum Gasteiger partial charge on any atom is 0.282 e. The molecule has 1 aromatic carbocycles. The Morgan fingerprint density at radius 3 is 2.48 bits per heavy atom. The normalized spacial score (nSPS) is 17.2. The molecule has 0 unspecified atom stereocenters. The Bertz CT molecular complexity index is 1640. The van der Waals surface area contributed by atoms with Crippen molar-refractivity contribution in [2.24, 2.45) is 0 Å². The van der Waals surface area contributed by atoms with E-state index in [0.29, 0.717) is 36.6 Å². The highest BCUT2D eigenvalue weighted by Crippen LogP contribution is 2.42. The molecule has 2 N–H and O–H groups in total. The monoisotopic (exact) mass is 607 g/mol. The first-order valence-electron chi connectivity index (χ1n) is 14.8. The number of hydrogen-bond donors (Lipinski definition) is 2. The topological polar surface area (TPSA) is 115 Å². The average molecular weight is 608 g/mol. The van der Waals surface area contributed by atoms with E-state index < -0.39 is 30.8 Å². The Balaban J connectivity index is 1.32. The van der Waals surface area contributed by atoms with Gasteiger partial charge >= 0.3 is 0 Å². The average Bonchev–Trinajstić information content (AvgIpc) is 3.91. The number of amides is 2. The number of anilines is 1. The van der Waals surface area contributed by atoms with Gasteiger partial charge in [0.1, 0.15) is 17.1 Å². The van der Waals surface area contributed by atoms with E-state index in [1.54, 1.807) is 42.1 Å². The lowest BCUT2D eigenvalue weighted by Gasteiger charge is -2.39. The highest BCUT2D eigenvalue weighted by molar-refractivity contribution is 6.05. The number of aromatic nitrogens is 2. The minimum atomic E-state index is -2.91. The standard InChI is InChI=1S/C32H35F2N5O5/c1-43-10-9-35-15-19-11-26(31(42)39(16-19)22-5-6-22)29(40)37-28-13-21(12-27(36-28)20-3-4-20)24-8-7-23(44-2)14-25(24)30(41)38-17-32(33,34)18-38/h7-8,11-14,16,20,22,35H,3-6,9-10,15,17-18H2,1-2H3,(H,36,37,40). The Kier molecular flexibility index (Phi) is 8.21. The molecule has 2 amide bonds. The summed E-state index contributed by atoms with van der Waals surface area (Å²) in [5.41, 5.74) is 2.52. The molecule has 12 heteroatoms. The SMILES string of the molecule is COCCNCc1cc(C(=O)Nc2cc(-c3ccc(OC)cc3C(=O)N3CC(F)(F)C3)cc(C3CC3)n2)c(=O)n(C2CC2)c1. The summed E-state index contributed by atoms with van der Waals surface area (Å²) in [5, 5.41) is 6.08. The van der Waals surface area contributed by atoms with Crippen LogP contribution in [-0.2, 0) is 11.3 Å². The molecule has 1 saturated heterocycles. The molecule has 2 aromatic heterocycles. The quantitative estimate of drug-likeness (QED) is 0.297. The van der Waals surface area contributed by atoms with Crippen molar-refractivity contribution in [1.82, 2.24) is 19.8 Å². The van der Waals surface area contributed by atoms with Crippen molar-refractivity contribution in [2.45, 2.75) is 50.1 Å². The summed E-state index contributed by atoms with van der Waals surface area (Å²) in [6.07, 6.45) is 5.44. The lowest BCUT2D eigenvalue weighted by Crippen LogP contribution is -2.58. The number of carbonyl (C=O) groups is 2. The van der Waals surface area contributed by atoms with Crippen LogP contribution in [-0.4, -0.2) is 72.6 Å². The van der Waals surface area contributed by atoms with Crippen LogP contribution < -0.4 is 20.9 Å². The highest BCUT2D eigenvalue weighted by Gasteiger charge is 2.46. The first kappa shape index (κ1) is 29.9. The van der Waals surface area contributed by atoms with E-state index in [9.17, 15) is 23.2 Å². The predicted octanol–water partition coefficient (Wildman–Crippen LogP) is 4.21. The van der Waals surface area contributed by atoms with Gasteiger partial charge in [-0.15, -0.1) is 0 Å². The van der Waals surface area contributed by atoms with Crippen LogP contribution in [0.4, 0.5) is 14.6 Å². The number of alkyl halides is 2. The number of nitrogens with zero attached hydrogens (tertiary/aromatic N) is 3. The summed E-state index contributed by atoms with van der Waals surface area (Å²) >= 11 is 0. The predicted molar refractivity (Wildman–Crippen MR) is 160 cm³/mol. The van der Waals surface area contributed by atoms with Crippen LogP contribution in [0, 0.1) is 0 Å². The van der Waals surface area contributed by atoms with E-state index in [-0.39, 0.29) is 34.5 Å². The van der Waals surface area contributed by atoms with Gasteiger partial charge in [0.05, 0.1) is 32.4 Å². The number of pyridine rings is 2. The zero-order valence-corrected chi connectivity index (χ0v) is 24.7. The van der Waals surface area contributed by atoms with Gasteiger partial charge in [-0.25, -0.2) is 13.8 Å². The summed E-state index contributed by atoms with van der Waals surface area (Å²) in [7, 11) is 3.09. The fraction of sp³-hybridized carbons (Fsp3) is 0.438. The molecule has 10 nitrogen and oxygen atoms in total. The van der Waals surface area contributed by atoms with Gasteiger partial charge in [-0.1, -0.05) is 0 Å². The maximum atomic E-state index is 13.6. The number of carbonyl (C=O) groups excluding carboxylic acids is 2. The van der Waals surface area contributed by atoms with Crippen molar-refractivity contribution in [1.29, 1.82) is 0 Å². The van der Waals surface area contributed by atoms with Crippen molar-refractivity contribution in [3.63, 3.8) is 0 Å². The van der Waals surface area contributed by atoms with E-state index in [1.807, 2.05) is 6.07 Å². The molecular weight excluding hydrogens is 572 g/mol. The van der Waals surface area contributed by atoms with Gasteiger partial charge < -0.3 is 29.6 Å². The molecule has 0 radical (unpaired) electrons. The van der Waals surface area contributed by atoms with Crippen LogP contribution in [0.25, 0.3) is 11.1 Å².